The average Bonchev–Trinajstić information content (AvgIpc) is 1.62. The van der Waals surface area contributed by atoms with E-state index in [0.29, 0.717) is 0 Å². The third-order valence-electron chi connectivity index (χ3n) is 0.693. The normalized spacial score (nSPS) is 14.1. The maximum Gasteiger partial charge on any atom is 1.00 e. The molecule has 0 rings (SSSR count). The van der Waals surface area contributed by atoms with E-state index in [9.17, 15) is 8.42 Å². The molecule has 52 valence electrons. The fourth-order valence-electron chi connectivity index (χ4n) is 0.211. The van der Waals surface area contributed by atoms with Crippen LogP contribution in [0, 0.1) is 0 Å². The molecule has 0 aliphatic heterocycles. The zero-order valence-electron chi connectivity index (χ0n) is 6.40. The van der Waals surface area contributed by atoms with E-state index in [1.165, 1.54) is 6.92 Å². The van der Waals surface area contributed by atoms with Crippen molar-refractivity contribution in [3.63, 3.8) is 0 Å². The van der Waals surface area contributed by atoms with Crippen molar-refractivity contribution in [3.05, 3.63) is 0 Å². The molecule has 0 aromatic heterocycles. The molecule has 1 unspecified atom stereocenters. The summed E-state index contributed by atoms with van der Waals surface area (Å²) in [6.45, 7) is 1.46. The molecule has 0 aromatic rings. The summed E-state index contributed by atoms with van der Waals surface area (Å²) in [4.78, 5) is 0. The van der Waals surface area contributed by atoms with Crippen LogP contribution in [0.3, 0.4) is 0 Å². The molecule has 4 nitrogen and oxygen atoms in total. The van der Waals surface area contributed by atoms with Crippen LogP contribution >= 0.6 is 0 Å². The Balaban J connectivity index is -0.000000245. The molecule has 0 aromatic carbocycles. The number of hydrogen-bond acceptors (Lipinski definition) is 3. The van der Waals surface area contributed by atoms with Crippen LogP contribution in [0.4, 0.5) is 0 Å². The summed E-state index contributed by atoms with van der Waals surface area (Å²) in [7, 11) is -4.20. The fourth-order valence-corrected chi connectivity index (χ4v) is 0.632. The van der Waals surface area contributed by atoms with Crippen molar-refractivity contribution >= 4 is 10.1 Å². The minimum absolute atomic E-state index is 0. The van der Waals surface area contributed by atoms with Crippen molar-refractivity contribution in [2.75, 3.05) is 0 Å². The zero-order valence-corrected chi connectivity index (χ0v) is 8.22. The molecular weight excluding hydrogens is 155 g/mol. The van der Waals surface area contributed by atoms with Crippen LogP contribution in [0.2, 0.25) is 0 Å². The van der Waals surface area contributed by atoms with Gasteiger partial charge < -0.3 is 6.53 Å². The Morgan fingerprint density at radius 3 is 2.00 bits per heavy atom. The number of rotatable bonds is 2. The second-order valence-corrected chi connectivity index (χ2v) is 2.95. The Morgan fingerprint density at radius 1 is 1.67 bits per heavy atom. The van der Waals surface area contributed by atoms with Crippen LogP contribution in [-0.2, 0) is 10.1 Å². The minimum Gasteiger partial charge on any atom is -1.00 e. The van der Waals surface area contributed by atoms with Gasteiger partial charge >= 0.3 is 29.6 Å². The first kappa shape index (κ1) is 12.5. The molecule has 0 aliphatic rings. The summed E-state index contributed by atoms with van der Waals surface area (Å²) < 4.78 is 27.7. The molecule has 2 N–H and O–H groups in total. The Kier molecular flexibility index (Phi) is 6.48. The summed E-state index contributed by atoms with van der Waals surface area (Å²) >= 11 is 0. The first-order valence-electron chi connectivity index (χ1n) is 2.13. The molecule has 0 amide bonds. The van der Waals surface area contributed by atoms with Gasteiger partial charge in [0.25, 0.3) is 10.1 Å². The second kappa shape index (κ2) is 4.65. The van der Waals surface area contributed by atoms with Gasteiger partial charge in [-0.3, -0.25) is 4.55 Å². The van der Waals surface area contributed by atoms with Crippen LogP contribution < -0.4 is 29.6 Å². The molecule has 0 heterocycles. The summed E-state index contributed by atoms with van der Waals surface area (Å²) in [6, 6.07) is 0. The van der Waals surface area contributed by atoms with E-state index in [1.54, 1.807) is 0 Å². The second-order valence-electron chi connectivity index (χ2n) is 1.38. The molecule has 9 heavy (non-hydrogen) atoms. The van der Waals surface area contributed by atoms with Gasteiger partial charge in [-0.15, -0.1) is 0 Å². The first-order chi connectivity index (χ1) is 3.48. The van der Waals surface area contributed by atoms with Gasteiger partial charge in [0, 0.05) is 0 Å². The van der Waals surface area contributed by atoms with Crippen molar-refractivity contribution in [2.24, 2.45) is 0 Å². The number of aliphatic hydroxyl groups excluding tert-OH is 1. The maximum atomic E-state index is 9.87. The van der Waals surface area contributed by atoms with E-state index in [-0.39, 0.29) is 37.4 Å². The summed E-state index contributed by atoms with van der Waals surface area (Å²) in [6.07, 6.45) is 0.0127. The molecule has 0 radical (unpaired) electrons. The van der Waals surface area contributed by atoms with Gasteiger partial charge in [-0.05, 0) is 6.42 Å². The van der Waals surface area contributed by atoms with E-state index in [1.807, 2.05) is 0 Å². The van der Waals surface area contributed by atoms with Gasteiger partial charge in [0.05, 0.1) is 0 Å². The fraction of sp³-hybridized carbons (Fsp3) is 1.00. The first-order valence-corrected chi connectivity index (χ1v) is 3.63. The van der Waals surface area contributed by atoms with Gasteiger partial charge in [0.2, 0.25) is 0 Å². The van der Waals surface area contributed by atoms with E-state index in [0.717, 1.165) is 0 Å². The predicted molar refractivity (Wildman–Crippen MR) is 29.0 cm³/mol. The third kappa shape index (κ3) is 5.32. The zero-order chi connectivity index (χ0) is 6.78. The van der Waals surface area contributed by atoms with Crippen molar-refractivity contribution in [1.82, 2.24) is 0 Å². The van der Waals surface area contributed by atoms with Gasteiger partial charge in [-0.25, -0.2) is 0 Å². The SMILES string of the molecule is CCC(O)S(=O)(=O)O.[H-].[Na+]. The van der Waals surface area contributed by atoms with Crippen LogP contribution in [0.25, 0.3) is 0 Å². The third-order valence-corrected chi connectivity index (χ3v) is 1.71. The quantitative estimate of drug-likeness (QED) is 0.331. The van der Waals surface area contributed by atoms with Crippen LogP contribution in [0.5, 0.6) is 0 Å². The maximum absolute atomic E-state index is 9.87. The summed E-state index contributed by atoms with van der Waals surface area (Å²) in [5.41, 5.74) is -1.62. The smallest absolute Gasteiger partial charge is 1.00 e. The molecule has 0 fully saturated rings. The van der Waals surface area contributed by atoms with E-state index < -0.39 is 15.6 Å². The molecule has 6 heteroatoms. The Morgan fingerprint density at radius 2 is 2.00 bits per heavy atom. The minimum atomic E-state index is -4.20. The van der Waals surface area contributed by atoms with Crippen molar-refractivity contribution in [1.29, 1.82) is 0 Å². The van der Waals surface area contributed by atoms with Crippen molar-refractivity contribution < 1.29 is 49.1 Å². The molecule has 0 spiro atoms. The topological polar surface area (TPSA) is 74.6 Å². The van der Waals surface area contributed by atoms with Crippen molar-refractivity contribution in [2.45, 2.75) is 18.8 Å². The Bertz CT molecular complexity index is 156. The van der Waals surface area contributed by atoms with Crippen LogP contribution in [0.15, 0.2) is 0 Å². The Labute approximate surface area is 77.8 Å². The molecule has 1 atom stereocenters. The van der Waals surface area contributed by atoms with Gasteiger partial charge in [-0.1, -0.05) is 6.92 Å². The van der Waals surface area contributed by atoms with Crippen LogP contribution in [0.1, 0.15) is 14.8 Å². The average molecular weight is 164 g/mol. The molecule has 0 saturated heterocycles. The van der Waals surface area contributed by atoms with E-state index >= 15 is 0 Å². The molecule has 0 aliphatic carbocycles. The van der Waals surface area contributed by atoms with E-state index in [2.05, 4.69) is 0 Å². The van der Waals surface area contributed by atoms with Gasteiger partial charge in [-0.2, -0.15) is 8.42 Å². The van der Waals surface area contributed by atoms with Crippen LogP contribution in [-0.4, -0.2) is 23.5 Å². The monoisotopic (exact) mass is 164 g/mol. The van der Waals surface area contributed by atoms with E-state index in [4.69, 9.17) is 9.66 Å². The summed E-state index contributed by atoms with van der Waals surface area (Å²) in [5, 5.41) is 8.36. The predicted octanol–water partition coefficient (Wildman–Crippen LogP) is -3.28. The molecule has 0 bridgehead atoms. The van der Waals surface area contributed by atoms with Gasteiger partial charge in [0.15, 0.2) is 5.44 Å². The standard InChI is InChI=1S/C3H8O4S.Na.H/c1-2-3(4)8(5,6)7;;/h3-4H,2H2,1H3,(H,5,6,7);;/q;+1;-1. The number of aliphatic hydroxyl groups is 1. The van der Waals surface area contributed by atoms with Crippen molar-refractivity contribution in [3.8, 4) is 0 Å². The Hall–Kier alpha value is 0.870. The largest absolute Gasteiger partial charge is 1.00 e. The molecule has 0 saturated carbocycles. The summed E-state index contributed by atoms with van der Waals surface area (Å²) in [5.74, 6) is 0. The molecular formula is C3H9NaO4S. The number of hydrogen-bond donors (Lipinski definition) is 2. The van der Waals surface area contributed by atoms with Gasteiger partial charge in [0.1, 0.15) is 0 Å².